The number of methoxy groups -OCH3 is 2. The molecule has 8 nitrogen and oxygen atoms in total. The molecule has 1 aliphatic heterocycles. The van der Waals surface area contributed by atoms with Crippen LogP contribution in [0.2, 0.25) is 0 Å². The van der Waals surface area contributed by atoms with Gasteiger partial charge in [-0.2, -0.15) is 0 Å². The summed E-state index contributed by atoms with van der Waals surface area (Å²) in [4.78, 5) is 27.9. The minimum absolute atomic E-state index is 0.0696. The molecule has 0 bridgehead atoms. The first-order chi connectivity index (χ1) is 21.0. The number of nitrogens with one attached hydrogen (secondary N) is 1. The maximum atomic E-state index is 14.3. The van der Waals surface area contributed by atoms with Gasteiger partial charge in [-0.1, -0.05) is 6.07 Å². The van der Waals surface area contributed by atoms with E-state index in [1.165, 1.54) is 11.7 Å². The van der Waals surface area contributed by atoms with Crippen molar-refractivity contribution in [2.45, 2.75) is 97.4 Å². The van der Waals surface area contributed by atoms with Crippen LogP contribution in [0, 0.1) is 12.3 Å². The van der Waals surface area contributed by atoms with Gasteiger partial charge >= 0.3 is 12.1 Å². The molecule has 1 aliphatic carbocycles. The van der Waals surface area contributed by atoms with E-state index in [9.17, 15) is 18.4 Å². The van der Waals surface area contributed by atoms with E-state index >= 15 is 0 Å². The van der Waals surface area contributed by atoms with Crippen LogP contribution in [0.1, 0.15) is 93.4 Å². The molecule has 1 saturated carbocycles. The molecule has 2 aromatic carbocycles. The highest BCUT2D eigenvalue weighted by Crippen LogP contribution is 2.61. The Labute approximate surface area is 264 Å². The van der Waals surface area contributed by atoms with Crippen molar-refractivity contribution in [1.29, 1.82) is 0 Å². The first-order valence-electron chi connectivity index (χ1n) is 15.6. The van der Waals surface area contributed by atoms with E-state index in [0.717, 1.165) is 33.3 Å². The molecule has 1 aromatic heterocycles. The van der Waals surface area contributed by atoms with E-state index in [0.29, 0.717) is 37.2 Å². The number of carbonyl (C=O) groups excluding carboxylic acids is 2. The van der Waals surface area contributed by atoms with Gasteiger partial charge in [0.1, 0.15) is 11.4 Å². The normalized spacial score (nSPS) is 19.4. The molecule has 2 aliphatic rings. The standard InChI is InChI=1S/C35H45F2N3O5/c1-21(2)38-27-16-23(31(41)44-8)9-10-25(27)28-17-34(19-35(36,37)20-34)12-14-39(28)18-26-24-11-13-40(32(42)45-33(4,5)6)30(24)22(3)15-29(26)43-7/h9-11,13,15-16,21,28,38H,12,14,17-20H2,1-8H3/t28-/m1/s1. The fraction of sp³-hybridized carbons (Fsp3) is 0.543. The molecular formula is C35H45F2N3O5. The molecule has 5 rings (SSSR count). The lowest BCUT2D eigenvalue weighted by molar-refractivity contribution is -0.186. The molecule has 10 heteroatoms. The second-order valence-electron chi connectivity index (χ2n) is 14.0. The molecule has 3 aromatic rings. The number of likely N-dealkylation sites (tertiary alicyclic amines) is 1. The van der Waals surface area contributed by atoms with Crippen LogP contribution in [-0.2, 0) is 16.0 Å². The molecule has 2 heterocycles. The number of esters is 1. The fourth-order valence-electron chi connectivity index (χ4n) is 7.14. The topological polar surface area (TPSA) is 82.0 Å². The highest BCUT2D eigenvalue weighted by atomic mass is 19.3. The van der Waals surface area contributed by atoms with Crippen molar-refractivity contribution in [3.05, 3.63) is 58.8 Å². The van der Waals surface area contributed by atoms with Crippen LogP contribution in [-0.4, -0.2) is 59.9 Å². The van der Waals surface area contributed by atoms with Gasteiger partial charge in [0.2, 0.25) is 5.92 Å². The predicted molar refractivity (Wildman–Crippen MR) is 170 cm³/mol. The van der Waals surface area contributed by atoms with Crippen molar-refractivity contribution in [1.82, 2.24) is 9.47 Å². The fourth-order valence-corrected chi connectivity index (χ4v) is 7.14. The number of hydrogen-bond acceptors (Lipinski definition) is 7. The Kier molecular flexibility index (Phi) is 8.68. The van der Waals surface area contributed by atoms with Gasteiger partial charge < -0.3 is 19.5 Å². The summed E-state index contributed by atoms with van der Waals surface area (Å²) in [6, 6.07) is 9.16. The quantitative estimate of drug-likeness (QED) is 0.266. The number of anilines is 1. The number of nitrogens with zero attached hydrogens (tertiary/aromatic N) is 2. The number of halogens is 2. The number of ether oxygens (including phenoxy) is 3. The Morgan fingerprint density at radius 3 is 2.42 bits per heavy atom. The van der Waals surface area contributed by atoms with Gasteiger partial charge in [-0.3, -0.25) is 9.47 Å². The van der Waals surface area contributed by atoms with Gasteiger partial charge in [0.05, 0.1) is 25.3 Å². The second kappa shape index (κ2) is 11.9. The summed E-state index contributed by atoms with van der Waals surface area (Å²) in [6.45, 7) is 12.5. The highest BCUT2D eigenvalue weighted by Gasteiger charge is 2.58. The number of benzene rings is 2. The molecule has 1 spiro atoms. The maximum absolute atomic E-state index is 14.3. The molecular weight excluding hydrogens is 580 g/mol. The number of aromatic nitrogens is 1. The Hall–Kier alpha value is -3.66. The van der Waals surface area contributed by atoms with Gasteiger partial charge in [0.25, 0.3) is 0 Å². The number of alkyl halides is 2. The maximum Gasteiger partial charge on any atom is 0.419 e. The minimum Gasteiger partial charge on any atom is -0.496 e. The minimum atomic E-state index is -2.64. The van der Waals surface area contributed by atoms with E-state index in [1.54, 1.807) is 25.4 Å². The molecule has 244 valence electrons. The Morgan fingerprint density at radius 2 is 1.82 bits per heavy atom. The van der Waals surface area contributed by atoms with Crippen LogP contribution in [0.5, 0.6) is 5.75 Å². The first kappa shape index (κ1) is 32.7. The van der Waals surface area contributed by atoms with Gasteiger partial charge in [-0.25, -0.2) is 18.4 Å². The number of hydrogen-bond donors (Lipinski definition) is 1. The van der Waals surface area contributed by atoms with Gasteiger partial charge in [0, 0.05) is 54.3 Å². The number of piperidine rings is 1. The van der Waals surface area contributed by atoms with E-state index in [2.05, 4.69) is 10.2 Å². The third-order valence-electron chi connectivity index (χ3n) is 8.94. The van der Waals surface area contributed by atoms with Crippen LogP contribution in [0.15, 0.2) is 36.5 Å². The third-order valence-corrected chi connectivity index (χ3v) is 8.94. The van der Waals surface area contributed by atoms with Crippen LogP contribution in [0.3, 0.4) is 0 Å². The summed E-state index contributed by atoms with van der Waals surface area (Å²) >= 11 is 0. The zero-order chi connectivity index (χ0) is 32.9. The molecule has 1 N–H and O–H groups in total. The molecule has 1 saturated heterocycles. The zero-order valence-electron chi connectivity index (χ0n) is 27.6. The summed E-state index contributed by atoms with van der Waals surface area (Å²) in [5.41, 5.74) is 3.56. The van der Waals surface area contributed by atoms with E-state index in [1.807, 2.05) is 59.7 Å². The average molecular weight is 626 g/mol. The molecule has 0 unspecified atom stereocenters. The Balaban J connectivity index is 1.59. The lowest BCUT2D eigenvalue weighted by Gasteiger charge is -2.55. The van der Waals surface area contributed by atoms with Crippen LogP contribution < -0.4 is 10.1 Å². The van der Waals surface area contributed by atoms with Crippen molar-refractivity contribution in [3.8, 4) is 5.75 Å². The predicted octanol–water partition coefficient (Wildman–Crippen LogP) is 8.10. The number of rotatable bonds is 7. The summed E-state index contributed by atoms with van der Waals surface area (Å²) in [6.07, 6.45) is 2.24. The van der Waals surface area contributed by atoms with Crippen molar-refractivity contribution >= 4 is 28.7 Å². The summed E-state index contributed by atoms with van der Waals surface area (Å²) in [5.74, 6) is -2.39. The van der Waals surface area contributed by atoms with Crippen molar-refractivity contribution in [2.75, 3.05) is 26.1 Å². The summed E-state index contributed by atoms with van der Waals surface area (Å²) in [5, 5.41) is 4.36. The Morgan fingerprint density at radius 1 is 1.11 bits per heavy atom. The molecule has 0 radical (unpaired) electrons. The van der Waals surface area contributed by atoms with E-state index in [-0.39, 0.29) is 24.9 Å². The van der Waals surface area contributed by atoms with Crippen LogP contribution >= 0.6 is 0 Å². The molecule has 45 heavy (non-hydrogen) atoms. The van der Waals surface area contributed by atoms with Crippen molar-refractivity contribution in [3.63, 3.8) is 0 Å². The number of carbonyl (C=O) groups is 2. The van der Waals surface area contributed by atoms with Gasteiger partial charge in [-0.15, -0.1) is 0 Å². The highest BCUT2D eigenvalue weighted by molar-refractivity contribution is 5.95. The van der Waals surface area contributed by atoms with E-state index < -0.39 is 29.0 Å². The number of fused-ring (bicyclic) bond motifs is 1. The first-order valence-corrected chi connectivity index (χ1v) is 15.6. The van der Waals surface area contributed by atoms with Crippen LogP contribution in [0.25, 0.3) is 10.9 Å². The van der Waals surface area contributed by atoms with Crippen molar-refractivity contribution in [2.24, 2.45) is 5.41 Å². The largest absolute Gasteiger partial charge is 0.496 e. The summed E-state index contributed by atoms with van der Waals surface area (Å²) in [7, 11) is 2.98. The Bertz CT molecular complexity index is 1600. The number of aryl methyl sites for hydroxylation is 1. The van der Waals surface area contributed by atoms with Gasteiger partial charge in [0.15, 0.2) is 0 Å². The SMILES string of the molecule is COC(=O)c1ccc([C@H]2CC3(CCN2Cc2c(OC)cc(C)c4c2ccn4C(=O)OC(C)(C)C)CC(F)(F)C3)c(NC(C)C)c1. The lowest BCUT2D eigenvalue weighted by atomic mass is 9.58. The summed E-state index contributed by atoms with van der Waals surface area (Å²) < 4.78 is 46.7. The lowest BCUT2D eigenvalue weighted by Crippen LogP contribution is -2.53. The van der Waals surface area contributed by atoms with E-state index in [4.69, 9.17) is 14.2 Å². The molecule has 2 fully saturated rings. The monoisotopic (exact) mass is 625 g/mol. The van der Waals surface area contributed by atoms with Crippen LogP contribution in [0.4, 0.5) is 19.3 Å². The smallest absolute Gasteiger partial charge is 0.419 e. The molecule has 1 atom stereocenters. The van der Waals surface area contributed by atoms with Crippen molar-refractivity contribution < 1.29 is 32.6 Å². The second-order valence-corrected chi connectivity index (χ2v) is 14.0. The average Bonchev–Trinajstić information content (AvgIpc) is 3.39. The zero-order valence-corrected chi connectivity index (χ0v) is 27.6. The van der Waals surface area contributed by atoms with Gasteiger partial charge in [-0.05, 0) is 102 Å². The molecule has 0 amide bonds. The third kappa shape index (κ3) is 6.66.